The molecule has 4 N–H and O–H groups in total. The fraction of sp³-hybridized carbons (Fsp3) is 0.750. The Morgan fingerprint density at radius 2 is 0.821 bits per heavy atom. The van der Waals surface area contributed by atoms with Crippen molar-refractivity contribution in [2.45, 2.75) is 244 Å². The van der Waals surface area contributed by atoms with Crippen LogP contribution in [0.25, 0.3) is 0 Å². The van der Waals surface area contributed by atoms with E-state index in [0.717, 1.165) is 89.9 Å². The SMILES string of the molecule is CCCCCCC/C=C\C/C=C\C/C=C\CCCCCCCCCCCOCC(COP(=O)(O)OCC(N)C(=O)O)OC(=O)CCCCCCCC/C=C\C/C=C\C/C=C\CCCCCCC. The molecule has 0 aliphatic heterocycles. The van der Waals surface area contributed by atoms with Gasteiger partial charge in [0.25, 0.3) is 0 Å². The van der Waals surface area contributed by atoms with Crippen LogP contribution in [0.3, 0.4) is 0 Å². The number of esters is 1. The third kappa shape index (κ3) is 51.1. The zero-order valence-corrected chi connectivity index (χ0v) is 43.6. The summed E-state index contributed by atoms with van der Waals surface area (Å²) in [6, 6.07) is -1.48. The maximum absolute atomic E-state index is 12.7. The topological polar surface area (TPSA) is 155 Å². The first-order chi connectivity index (χ1) is 32.7. The monoisotopic (exact) mass is 962 g/mol. The number of allylic oxidation sites excluding steroid dienone is 12. The molecule has 0 aromatic heterocycles. The summed E-state index contributed by atoms with van der Waals surface area (Å²) in [6.45, 7) is 3.85. The highest BCUT2D eigenvalue weighted by Gasteiger charge is 2.27. The second-order valence-corrected chi connectivity index (χ2v) is 19.5. The van der Waals surface area contributed by atoms with E-state index in [0.29, 0.717) is 13.0 Å². The molecule has 0 radical (unpaired) electrons. The Morgan fingerprint density at radius 1 is 0.478 bits per heavy atom. The number of phosphoric acid groups is 1. The minimum Gasteiger partial charge on any atom is -0.480 e. The molecule has 388 valence electrons. The quantitative estimate of drug-likeness (QED) is 0.0232. The van der Waals surface area contributed by atoms with Gasteiger partial charge in [0.2, 0.25) is 0 Å². The van der Waals surface area contributed by atoms with Gasteiger partial charge >= 0.3 is 19.8 Å². The number of hydrogen-bond donors (Lipinski definition) is 3. The predicted molar refractivity (Wildman–Crippen MR) is 281 cm³/mol. The van der Waals surface area contributed by atoms with Gasteiger partial charge in [-0.1, -0.05) is 209 Å². The van der Waals surface area contributed by atoms with Gasteiger partial charge in [-0.05, 0) is 89.9 Å². The summed E-state index contributed by atoms with van der Waals surface area (Å²) in [6.07, 6.45) is 65.3. The van der Waals surface area contributed by atoms with Crippen molar-refractivity contribution in [2.75, 3.05) is 26.4 Å². The number of carbonyl (C=O) groups excluding carboxylic acids is 1. The normalized spacial score (nSPS) is 14.2. The molecular formula is C56H100NO9P. The van der Waals surface area contributed by atoms with Gasteiger partial charge in [-0.3, -0.25) is 18.6 Å². The number of unbranched alkanes of at least 4 members (excludes halogenated alkanes) is 25. The lowest BCUT2D eigenvalue weighted by molar-refractivity contribution is -0.154. The first-order valence-corrected chi connectivity index (χ1v) is 28.5. The molecule has 0 saturated heterocycles. The van der Waals surface area contributed by atoms with E-state index in [1.54, 1.807) is 0 Å². The zero-order valence-electron chi connectivity index (χ0n) is 42.7. The summed E-state index contributed by atoms with van der Waals surface area (Å²) in [4.78, 5) is 33.7. The molecule has 0 spiro atoms. The lowest BCUT2D eigenvalue weighted by atomic mass is 10.1. The van der Waals surface area contributed by atoms with Crippen LogP contribution in [0.15, 0.2) is 72.9 Å². The molecule has 0 aliphatic carbocycles. The first-order valence-electron chi connectivity index (χ1n) is 27.0. The summed E-state index contributed by atoms with van der Waals surface area (Å²) in [5.74, 6) is -1.79. The fourth-order valence-electron chi connectivity index (χ4n) is 7.27. The van der Waals surface area contributed by atoms with Gasteiger partial charge in [0.05, 0.1) is 19.8 Å². The van der Waals surface area contributed by atoms with E-state index in [4.69, 9.17) is 29.4 Å². The summed E-state index contributed by atoms with van der Waals surface area (Å²) in [5.41, 5.74) is 5.38. The Kier molecular flexibility index (Phi) is 49.3. The number of rotatable bonds is 51. The van der Waals surface area contributed by atoms with Crippen LogP contribution >= 0.6 is 7.82 Å². The number of carbonyl (C=O) groups is 2. The highest BCUT2D eigenvalue weighted by molar-refractivity contribution is 7.47. The average molecular weight is 962 g/mol. The molecule has 0 aromatic carbocycles. The van der Waals surface area contributed by atoms with E-state index < -0.39 is 45.1 Å². The van der Waals surface area contributed by atoms with Crippen molar-refractivity contribution in [3.05, 3.63) is 72.9 Å². The number of carboxylic acids is 1. The molecular weight excluding hydrogens is 862 g/mol. The Hall–Kier alpha value is -2.59. The molecule has 0 heterocycles. The number of nitrogens with two attached hydrogens (primary N) is 1. The molecule has 10 nitrogen and oxygen atoms in total. The van der Waals surface area contributed by atoms with E-state index in [-0.39, 0.29) is 13.0 Å². The summed E-state index contributed by atoms with van der Waals surface area (Å²) >= 11 is 0. The van der Waals surface area contributed by atoms with Crippen LogP contribution in [0.1, 0.15) is 232 Å². The second kappa shape index (κ2) is 51.3. The molecule has 0 fully saturated rings. The van der Waals surface area contributed by atoms with Crippen LogP contribution in [-0.2, 0) is 32.7 Å². The van der Waals surface area contributed by atoms with E-state index >= 15 is 0 Å². The van der Waals surface area contributed by atoms with Crippen molar-refractivity contribution in [1.82, 2.24) is 0 Å². The van der Waals surface area contributed by atoms with Crippen molar-refractivity contribution < 1.29 is 42.7 Å². The number of phosphoric ester groups is 1. The number of hydrogen-bond acceptors (Lipinski definition) is 8. The van der Waals surface area contributed by atoms with Crippen LogP contribution in [0.4, 0.5) is 0 Å². The highest BCUT2D eigenvalue weighted by Crippen LogP contribution is 2.43. The zero-order chi connectivity index (χ0) is 49.0. The Bertz CT molecular complexity index is 1340. The smallest absolute Gasteiger partial charge is 0.472 e. The van der Waals surface area contributed by atoms with Gasteiger partial charge in [-0.25, -0.2) is 4.57 Å². The Balaban J connectivity index is 4.17. The van der Waals surface area contributed by atoms with Crippen LogP contribution in [0, 0.1) is 0 Å². The van der Waals surface area contributed by atoms with E-state index in [9.17, 15) is 19.0 Å². The molecule has 67 heavy (non-hydrogen) atoms. The predicted octanol–water partition coefficient (Wildman–Crippen LogP) is 16.1. The van der Waals surface area contributed by atoms with Gasteiger partial charge in [0.15, 0.2) is 0 Å². The van der Waals surface area contributed by atoms with E-state index in [1.165, 1.54) is 116 Å². The highest BCUT2D eigenvalue weighted by atomic mass is 31.2. The van der Waals surface area contributed by atoms with Crippen molar-refractivity contribution in [1.29, 1.82) is 0 Å². The van der Waals surface area contributed by atoms with Gasteiger partial charge < -0.3 is 25.2 Å². The van der Waals surface area contributed by atoms with Crippen LogP contribution in [0.5, 0.6) is 0 Å². The molecule has 3 atom stereocenters. The van der Waals surface area contributed by atoms with Crippen LogP contribution in [-0.4, -0.2) is 60.5 Å². The molecule has 0 amide bonds. The van der Waals surface area contributed by atoms with Gasteiger partial charge in [-0.15, -0.1) is 0 Å². The van der Waals surface area contributed by atoms with Crippen molar-refractivity contribution in [3.63, 3.8) is 0 Å². The summed E-state index contributed by atoms with van der Waals surface area (Å²) in [5, 5.41) is 8.94. The number of aliphatic carboxylic acids is 1. The van der Waals surface area contributed by atoms with Gasteiger partial charge in [0, 0.05) is 13.0 Å². The minimum absolute atomic E-state index is 0.00457. The molecule has 0 rings (SSSR count). The van der Waals surface area contributed by atoms with Crippen molar-refractivity contribution in [2.24, 2.45) is 5.73 Å². The molecule has 0 aromatic rings. The Morgan fingerprint density at radius 3 is 1.22 bits per heavy atom. The van der Waals surface area contributed by atoms with Crippen LogP contribution in [0.2, 0.25) is 0 Å². The lowest BCUT2D eigenvalue weighted by Gasteiger charge is -2.20. The molecule has 0 saturated carbocycles. The standard InChI is InChI=1S/C56H100NO9P/c1-3-5-7-9-11-13-15-17-19-21-23-25-26-27-29-31-33-35-37-39-41-43-45-47-49-63-50-53(51-64-67(61,62)65-52-54(57)56(59)60)66-55(58)48-46-44-42-40-38-36-34-32-30-28-24-22-20-18-16-14-12-10-8-6-4-2/h15-18,21-24,26-27,30,32,53-54H,3-14,19-20,25,28-29,31,33-52,57H2,1-2H3,(H,59,60)(H,61,62)/b17-15-,18-16-,23-21-,24-22-,27-26-,32-30-. The number of carboxylic acid groups (broad SMARTS) is 1. The minimum atomic E-state index is -4.63. The maximum Gasteiger partial charge on any atom is 0.472 e. The van der Waals surface area contributed by atoms with Crippen molar-refractivity contribution >= 4 is 19.8 Å². The van der Waals surface area contributed by atoms with Crippen LogP contribution < -0.4 is 5.73 Å². The number of ether oxygens (including phenoxy) is 2. The van der Waals surface area contributed by atoms with Gasteiger partial charge in [-0.2, -0.15) is 0 Å². The van der Waals surface area contributed by atoms with Crippen molar-refractivity contribution in [3.8, 4) is 0 Å². The lowest BCUT2D eigenvalue weighted by Crippen LogP contribution is -2.34. The van der Waals surface area contributed by atoms with E-state index in [2.05, 4.69) is 86.8 Å². The third-order valence-corrected chi connectivity index (χ3v) is 12.4. The molecule has 11 heteroatoms. The molecule has 3 unspecified atom stereocenters. The average Bonchev–Trinajstić information content (AvgIpc) is 3.31. The fourth-order valence-corrected chi connectivity index (χ4v) is 8.04. The Labute approximate surface area is 410 Å². The maximum atomic E-state index is 12.7. The second-order valence-electron chi connectivity index (χ2n) is 18.0. The molecule has 0 aliphatic rings. The largest absolute Gasteiger partial charge is 0.480 e. The third-order valence-electron chi connectivity index (χ3n) is 11.5. The summed E-state index contributed by atoms with van der Waals surface area (Å²) in [7, 11) is -4.63. The first kappa shape index (κ1) is 64.4. The molecule has 0 bridgehead atoms. The van der Waals surface area contributed by atoms with Gasteiger partial charge in [0.1, 0.15) is 12.1 Å². The van der Waals surface area contributed by atoms with E-state index in [1.807, 2.05) is 0 Å². The summed E-state index contributed by atoms with van der Waals surface area (Å²) < 4.78 is 33.5.